The van der Waals surface area contributed by atoms with Crippen LogP contribution in [0.3, 0.4) is 0 Å². The molecular formula is C16H14BrNO. The van der Waals surface area contributed by atoms with Crippen molar-refractivity contribution < 1.29 is 4.79 Å². The standard InChI is InChI=1S/C16H14BrNO/c17-15-9-5-4-8-14(15)10-11-16(19)18-12-13-6-2-1-3-7-13/h1-11H,12H2,(H,18,19)/b11-10+. The van der Waals surface area contributed by atoms with Gasteiger partial charge in [-0.2, -0.15) is 0 Å². The highest BCUT2D eigenvalue weighted by Gasteiger charge is 1.97. The molecule has 1 N–H and O–H groups in total. The fraction of sp³-hybridized carbons (Fsp3) is 0.0625. The topological polar surface area (TPSA) is 29.1 Å². The van der Waals surface area contributed by atoms with Crippen LogP contribution in [0.1, 0.15) is 11.1 Å². The average molecular weight is 316 g/mol. The van der Waals surface area contributed by atoms with Crippen LogP contribution in [0.25, 0.3) is 6.08 Å². The third-order valence-electron chi connectivity index (χ3n) is 2.63. The van der Waals surface area contributed by atoms with E-state index in [9.17, 15) is 4.79 Å². The van der Waals surface area contributed by atoms with E-state index in [1.807, 2.05) is 54.6 Å². The molecule has 0 radical (unpaired) electrons. The van der Waals surface area contributed by atoms with E-state index in [0.29, 0.717) is 6.54 Å². The van der Waals surface area contributed by atoms with Crippen molar-refractivity contribution in [3.05, 3.63) is 76.3 Å². The van der Waals surface area contributed by atoms with Crippen LogP contribution in [0.4, 0.5) is 0 Å². The second-order valence-corrected chi connectivity index (χ2v) is 4.91. The quantitative estimate of drug-likeness (QED) is 0.855. The normalized spacial score (nSPS) is 10.6. The lowest BCUT2D eigenvalue weighted by atomic mass is 10.2. The Morgan fingerprint density at radius 1 is 1.05 bits per heavy atom. The molecule has 2 aromatic carbocycles. The molecular weight excluding hydrogens is 302 g/mol. The monoisotopic (exact) mass is 315 g/mol. The maximum Gasteiger partial charge on any atom is 0.244 e. The number of carbonyl (C=O) groups excluding carboxylic acids is 1. The summed E-state index contributed by atoms with van der Waals surface area (Å²) < 4.78 is 0.974. The van der Waals surface area contributed by atoms with E-state index in [0.717, 1.165) is 15.6 Å². The summed E-state index contributed by atoms with van der Waals surface area (Å²) in [6, 6.07) is 17.6. The molecule has 0 aliphatic rings. The minimum Gasteiger partial charge on any atom is -0.348 e. The van der Waals surface area contributed by atoms with E-state index >= 15 is 0 Å². The molecule has 0 fully saturated rings. The lowest BCUT2D eigenvalue weighted by Crippen LogP contribution is -2.20. The van der Waals surface area contributed by atoms with Gasteiger partial charge in [0, 0.05) is 17.1 Å². The Labute approximate surface area is 121 Å². The molecule has 0 saturated carbocycles. The minimum absolute atomic E-state index is 0.0976. The summed E-state index contributed by atoms with van der Waals surface area (Å²) in [4.78, 5) is 11.7. The Hall–Kier alpha value is -1.87. The first kappa shape index (κ1) is 13.6. The largest absolute Gasteiger partial charge is 0.348 e. The summed E-state index contributed by atoms with van der Waals surface area (Å²) in [5, 5.41) is 2.85. The maximum atomic E-state index is 11.7. The second kappa shape index (κ2) is 6.90. The Kier molecular flexibility index (Phi) is 4.93. The van der Waals surface area contributed by atoms with Crippen LogP contribution in [-0.4, -0.2) is 5.91 Å². The maximum absolute atomic E-state index is 11.7. The minimum atomic E-state index is -0.0976. The zero-order chi connectivity index (χ0) is 13.5. The number of benzene rings is 2. The Bertz CT molecular complexity index is 578. The first-order valence-corrected chi connectivity index (χ1v) is 6.79. The fourth-order valence-electron chi connectivity index (χ4n) is 1.62. The summed E-state index contributed by atoms with van der Waals surface area (Å²) in [6.45, 7) is 0.542. The van der Waals surface area contributed by atoms with Crippen molar-refractivity contribution >= 4 is 27.9 Å². The van der Waals surface area contributed by atoms with Crippen molar-refractivity contribution in [2.24, 2.45) is 0 Å². The van der Waals surface area contributed by atoms with Crippen molar-refractivity contribution in [2.45, 2.75) is 6.54 Å². The number of amides is 1. The number of hydrogen-bond acceptors (Lipinski definition) is 1. The predicted octanol–water partition coefficient (Wildman–Crippen LogP) is 3.78. The molecule has 0 spiro atoms. The molecule has 0 atom stereocenters. The Morgan fingerprint density at radius 2 is 1.74 bits per heavy atom. The van der Waals surface area contributed by atoms with Crippen molar-refractivity contribution in [1.29, 1.82) is 0 Å². The molecule has 0 aliphatic carbocycles. The van der Waals surface area contributed by atoms with Gasteiger partial charge in [0.2, 0.25) is 5.91 Å². The number of carbonyl (C=O) groups is 1. The van der Waals surface area contributed by atoms with Gasteiger partial charge < -0.3 is 5.32 Å². The molecule has 2 nitrogen and oxygen atoms in total. The molecule has 0 aromatic heterocycles. The van der Waals surface area contributed by atoms with E-state index in [1.54, 1.807) is 12.2 Å². The van der Waals surface area contributed by atoms with E-state index in [-0.39, 0.29) is 5.91 Å². The molecule has 2 rings (SSSR count). The predicted molar refractivity (Wildman–Crippen MR) is 81.5 cm³/mol. The Morgan fingerprint density at radius 3 is 2.47 bits per heavy atom. The fourth-order valence-corrected chi connectivity index (χ4v) is 2.04. The van der Waals surface area contributed by atoms with E-state index in [1.165, 1.54) is 0 Å². The van der Waals surface area contributed by atoms with Gasteiger partial charge in [0.25, 0.3) is 0 Å². The lowest BCUT2D eigenvalue weighted by Gasteiger charge is -2.02. The number of hydrogen-bond donors (Lipinski definition) is 1. The van der Waals surface area contributed by atoms with Gasteiger partial charge >= 0.3 is 0 Å². The first-order chi connectivity index (χ1) is 9.25. The van der Waals surface area contributed by atoms with Gasteiger partial charge in [-0.1, -0.05) is 64.5 Å². The van der Waals surface area contributed by atoms with Gasteiger partial charge in [-0.25, -0.2) is 0 Å². The highest BCUT2D eigenvalue weighted by atomic mass is 79.9. The molecule has 0 aliphatic heterocycles. The van der Waals surface area contributed by atoms with Gasteiger partial charge in [-0.3, -0.25) is 4.79 Å². The summed E-state index contributed by atoms with van der Waals surface area (Å²) in [5.74, 6) is -0.0976. The summed E-state index contributed by atoms with van der Waals surface area (Å²) in [6.07, 6.45) is 3.34. The van der Waals surface area contributed by atoms with E-state index in [2.05, 4.69) is 21.2 Å². The Balaban J connectivity index is 1.90. The summed E-state index contributed by atoms with van der Waals surface area (Å²) in [5.41, 5.74) is 2.07. The van der Waals surface area contributed by atoms with Crippen LogP contribution >= 0.6 is 15.9 Å². The van der Waals surface area contributed by atoms with E-state index in [4.69, 9.17) is 0 Å². The SMILES string of the molecule is O=C(/C=C/c1ccccc1Br)NCc1ccccc1. The lowest BCUT2D eigenvalue weighted by molar-refractivity contribution is -0.116. The third kappa shape index (κ3) is 4.38. The zero-order valence-corrected chi connectivity index (χ0v) is 11.9. The van der Waals surface area contributed by atoms with Gasteiger partial charge in [-0.05, 0) is 23.3 Å². The highest BCUT2D eigenvalue weighted by molar-refractivity contribution is 9.10. The van der Waals surface area contributed by atoms with Crippen molar-refractivity contribution in [2.75, 3.05) is 0 Å². The molecule has 1 amide bonds. The van der Waals surface area contributed by atoms with Gasteiger partial charge in [0.05, 0.1) is 0 Å². The number of nitrogens with one attached hydrogen (secondary N) is 1. The smallest absolute Gasteiger partial charge is 0.244 e. The molecule has 2 aromatic rings. The molecule has 3 heteroatoms. The van der Waals surface area contributed by atoms with Crippen LogP contribution in [0, 0.1) is 0 Å². The molecule has 0 bridgehead atoms. The number of rotatable bonds is 4. The average Bonchev–Trinajstić information content (AvgIpc) is 2.45. The van der Waals surface area contributed by atoms with Crippen LogP contribution < -0.4 is 5.32 Å². The van der Waals surface area contributed by atoms with Gasteiger partial charge in [0.1, 0.15) is 0 Å². The van der Waals surface area contributed by atoms with Gasteiger partial charge in [-0.15, -0.1) is 0 Å². The van der Waals surface area contributed by atoms with Crippen LogP contribution in [-0.2, 0) is 11.3 Å². The number of halogens is 1. The van der Waals surface area contributed by atoms with Crippen molar-refractivity contribution in [3.63, 3.8) is 0 Å². The van der Waals surface area contributed by atoms with Gasteiger partial charge in [0.15, 0.2) is 0 Å². The summed E-state index contributed by atoms with van der Waals surface area (Å²) in [7, 11) is 0. The van der Waals surface area contributed by atoms with Crippen LogP contribution in [0.15, 0.2) is 65.1 Å². The zero-order valence-electron chi connectivity index (χ0n) is 10.3. The molecule has 0 saturated heterocycles. The highest BCUT2D eigenvalue weighted by Crippen LogP contribution is 2.16. The molecule has 96 valence electrons. The molecule has 0 unspecified atom stereocenters. The van der Waals surface area contributed by atoms with E-state index < -0.39 is 0 Å². The van der Waals surface area contributed by atoms with Crippen molar-refractivity contribution in [3.8, 4) is 0 Å². The molecule has 19 heavy (non-hydrogen) atoms. The second-order valence-electron chi connectivity index (χ2n) is 4.06. The van der Waals surface area contributed by atoms with Crippen LogP contribution in [0.2, 0.25) is 0 Å². The van der Waals surface area contributed by atoms with Crippen LogP contribution in [0.5, 0.6) is 0 Å². The molecule has 0 heterocycles. The first-order valence-electron chi connectivity index (χ1n) is 6.00. The third-order valence-corrected chi connectivity index (χ3v) is 3.35. The van der Waals surface area contributed by atoms with Crippen molar-refractivity contribution in [1.82, 2.24) is 5.32 Å². The summed E-state index contributed by atoms with van der Waals surface area (Å²) >= 11 is 3.44.